The Morgan fingerprint density at radius 3 is 2.40 bits per heavy atom. The van der Waals surface area contributed by atoms with Crippen LogP contribution < -0.4 is 9.64 Å². The lowest BCUT2D eigenvalue weighted by Crippen LogP contribution is -2.50. The molecule has 2 aliphatic heterocycles. The fourth-order valence-corrected chi connectivity index (χ4v) is 6.36. The van der Waals surface area contributed by atoms with Crippen molar-refractivity contribution < 1.29 is 14.3 Å². The maximum absolute atomic E-state index is 14.2. The number of carbonyl (C=O) groups excluding carboxylic acids is 2. The maximum Gasteiger partial charge on any atom is 0.268 e. The number of ether oxygens (including phenoxy) is 1. The number of methoxy groups -OCH3 is 1. The zero-order valence-electron chi connectivity index (χ0n) is 20.6. The molecule has 0 N–H and O–H groups in total. The fraction of sp³-hybridized carbons (Fsp3) is 0.310. The lowest BCUT2D eigenvalue weighted by atomic mass is 9.87. The minimum absolute atomic E-state index is 0.0635. The van der Waals surface area contributed by atoms with Crippen LogP contribution in [0.4, 0.5) is 5.69 Å². The molecule has 0 saturated carbocycles. The second kappa shape index (κ2) is 8.76. The number of amides is 2. The van der Waals surface area contributed by atoms with Crippen LogP contribution in [0, 0.1) is 0 Å². The van der Waals surface area contributed by atoms with Crippen LogP contribution in [0.3, 0.4) is 0 Å². The third-order valence-electron chi connectivity index (χ3n) is 6.83. The van der Waals surface area contributed by atoms with E-state index in [4.69, 9.17) is 4.74 Å². The van der Waals surface area contributed by atoms with Gasteiger partial charge >= 0.3 is 0 Å². The summed E-state index contributed by atoms with van der Waals surface area (Å²) in [7, 11) is 1.62. The first kappa shape index (κ1) is 23.5. The third-order valence-corrected chi connectivity index (χ3v) is 8.25. The molecule has 35 heavy (non-hydrogen) atoms. The van der Waals surface area contributed by atoms with E-state index in [9.17, 15) is 9.59 Å². The number of thioether (sulfide) groups is 1. The van der Waals surface area contributed by atoms with Crippen molar-refractivity contribution in [3.05, 3.63) is 95.1 Å². The Morgan fingerprint density at radius 2 is 1.74 bits per heavy atom. The highest BCUT2D eigenvalue weighted by Gasteiger charge is 2.59. The van der Waals surface area contributed by atoms with Gasteiger partial charge in [-0.15, -0.1) is 11.8 Å². The molecule has 1 saturated heterocycles. The molecule has 3 aromatic carbocycles. The van der Waals surface area contributed by atoms with Crippen molar-refractivity contribution in [3.63, 3.8) is 0 Å². The largest absolute Gasteiger partial charge is 0.497 e. The number of benzene rings is 3. The van der Waals surface area contributed by atoms with E-state index in [1.165, 1.54) is 17.3 Å². The van der Waals surface area contributed by atoms with Crippen molar-refractivity contribution in [2.75, 3.05) is 24.3 Å². The van der Waals surface area contributed by atoms with Gasteiger partial charge in [-0.3, -0.25) is 9.59 Å². The average molecular weight is 487 g/mol. The summed E-state index contributed by atoms with van der Waals surface area (Å²) >= 11 is 1.53. The van der Waals surface area contributed by atoms with Gasteiger partial charge in [-0.2, -0.15) is 0 Å². The van der Waals surface area contributed by atoms with Gasteiger partial charge in [0, 0.05) is 23.4 Å². The average Bonchev–Trinajstić information content (AvgIpc) is 3.40. The number of carbonyl (C=O) groups is 2. The highest BCUT2D eigenvalue weighted by Crippen LogP contribution is 2.55. The normalized spacial score (nSPS) is 19.4. The van der Waals surface area contributed by atoms with Crippen molar-refractivity contribution in [2.24, 2.45) is 0 Å². The molecule has 1 atom stereocenters. The molecule has 2 amide bonds. The van der Waals surface area contributed by atoms with Crippen LogP contribution >= 0.6 is 11.8 Å². The molecule has 0 radical (unpaired) electrons. The molecule has 180 valence electrons. The van der Waals surface area contributed by atoms with Crippen LogP contribution in [0.15, 0.2) is 72.8 Å². The summed E-state index contributed by atoms with van der Waals surface area (Å²) in [6.45, 7) is 7.52. The number of anilines is 1. The topological polar surface area (TPSA) is 49.9 Å². The summed E-state index contributed by atoms with van der Waals surface area (Å²) in [6.07, 6.45) is 0. The van der Waals surface area contributed by atoms with Crippen molar-refractivity contribution in [1.82, 2.24) is 4.90 Å². The molecule has 6 heteroatoms. The first-order chi connectivity index (χ1) is 16.8. The molecule has 5 rings (SSSR count). The molecule has 0 bridgehead atoms. The van der Waals surface area contributed by atoms with E-state index in [0.29, 0.717) is 30.2 Å². The summed E-state index contributed by atoms with van der Waals surface area (Å²) in [5.41, 5.74) is 4.60. The SMILES string of the molecule is COc1ccc2c(c1)[C@@]1(SCCN1C(=O)c1ccccc1)C(=O)N2Cc1ccc(C(C)(C)C)cc1. The second-order valence-corrected chi connectivity index (χ2v) is 11.3. The molecule has 0 unspecified atom stereocenters. The zero-order chi connectivity index (χ0) is 24.8. The summed E-state index contributed by atoms with van der Waals surface area (Å²) < 4.78 is 5.51. The molecular formula is C29H30N2O3S. The van der Waals surface area contributed by atoms with Crippen molar-refractivity contribution in [3.8, 4) is 5.75 Å². The molecule has 5 nitrogen and oxygen atoms in total. The quantitative estimate of drug-likeness (QED) is 0.483. The van der Waals surface area contributed by atoms with Crippen molar-refractivity contribution >= 4 is 29.3 Å². The van der Waals surface area contributed by atoms with Crippen LogP contribution in [0.2, 0.25) is 0 Å². The number of rotatable bonds is 4. The summed E-state index contributed by atoms with van der Waals surface area (Å²) in [5.74, 6) is 1.16. The van der Waals surface area contributed by atoms with Gasteiger partial charge in [-0.1, -0.05) is 63.2 Å². The van der Waals surface area contributed by atoms with Gasteiger partial charge in [0.25, 0.3) is 11.8 Å². The van der Waals surface area contributed by atoms with Gasteiger partial charge < -0.3 is 14.5 Å². The standard InChI is InChI=1S/C29H30N2O3S/c1-28(2,3)22-12-10-20(11-13-22)19-30-25-15-14-23(34-4)18-24(25)29(27(30)33)31(16-17-35-29)26(32)21-8-6-5-7-9-21/h5-15,18H,16-17,19H2,1-4H3/t29-/m1/s1. The Labute approximate surface area is 211 Å². The Morgan fingerprint density at radius 1 is 1.03 bits per heavy atom. The Hall–Kier alpha value is -3.25. The Bertz CT molecular complexity index is 1270. The number of nitrogens with zero attached hydrogens (tertiary/aromatic N) is 2. The molecule has 1 spiro atoms. The zero-order valence-corrected chi connectivity index (χ0v) is 21.4. The summed E-state index contributed by atoms with van der Waals surface area (Å²) in [6, 6.07) is 23.4. The van der Waals surface area contributed by atoms with Crippen LogP contribution in [0.25, 0.3) is 0 Å². The van der Waals surface area contributed by atoms with Gasteiger partial charge in [0.2, 0.25) is 0 Å². The van der Waals surface area contributed by atoms with E-state index >= 15 is 0 Å². The number of hydrogen-bond acceptors (Lipinski definition) is 4. The van der Waals surface area contributed by atoms with Crippen LogP contribution in [0.5, 0.6) is 5.75 Å². The van der Waals surface area contributed by atoms with E-state index in [1.807, 2.05) is 41.3 Å². The van der Waals surface area contributed by atoms with Gasteiger partial charge in [-0.25, -0.2) is 0 Å². The van der Waals surface area contributed by atoms with Crippen molar-refractivity contribution in [1.29, 1.82) is 0 Å². The number of fused-ring (bicyclic) bond motifs is 2. The highest BCUT2D eigenvalue weighted by atomic mass is 32.2. The molecule has 0 aromatic heterocycles. The van der Waals surface area contributed by atoms with E-state index in [-0.39, 0.29) is 17.2 Å². The van der Waals surface area contributed by atoms with Crippen LogP contribution in [-0.4, -0.2) is 36.1 Å². The molecular weight excluding hydrogens is 456 g/mol. The maximum atomic E-state index is 14.2. The van der Waals surface area contributed by atoms with Gasteiger partial charge in [0.05, 0.1) is 19.3 Å². The lowest BCUT2D eigenvalue weighted by Gasteiger charge is -2.33. The molecule has 3 aromatic rings. The van der Waals surface area contributed by atoms with Gasteiger partial charge in [-0.05, 0) is 46.9 Å². The van der Waals surface area contributed by atoms with E-state index in [0.717, 1.165) is 16.8 Å². The fourth-order valence-electron chi connectivity index (χ4n) is 4.91. The van der Waals surface area contributed by atoms with Gasteiger partial charge in [0.1, 0.15) is 5.75 Å². The molecule has 2 heterocycles. The molecule has 0 aliphatic carbocycles. The van der Waals surface area contributed by atoms with Crippen molar-refractivity contribution in [2.45, 2.75) is 37.6 Å². The van der Waals surface area contributed by atoms with Crippen LogP contribution in [0.1, 0.15) is 47.8 Å². The smallest absolute Gasteiger partial charge is 0.268 e. The van der Waals surface area contributed by atoms with Crippen LogP contribution in [-0.2, 0) is 21.6 Å². The molecule has 2 aliphatic rings. The predicted molar refractivity (Wildman–Crippen MR) is 141 cm³/mol. The second-order valence-electron chi connectivity index (χ2n) is 10.0. The third kappa shape index (κ3) is 3.90. The Kier molecular flexibility index (Phi) is 5.88. The minimum atomic E-state index is -1.10. The molecule has 1 fully saturated rings. The first-order valence-electron chi connectivity index (χ1n) is 11.9. The highest BCUT2D eigenvalue weighted by molar-refractivity contribution is 8.01. The van der Waals surface area contributed by atoms with E-state index in [2.05, 4.69) is 45.0 Å². The summed E-state index contributed by atoms with van der Waals surface area (Å²) in [4.78, 5) is 30.3. The van der Waals surface area contributed by atoms with E-state index in [1.54, 1.807) is 24.1 Å². The number of hydrogen-bond donors (Lipinski definition) is 0. The predicted octanol–water partition coefficient (Wildman–Crippen LogP) is 5.58. The first-order valence-corrected chi connectivity index (χ1v) is 12.8. The summed E-state index contributed by atoms with van der Waals surface area (Å²) in [5, 5.41) is 0. The van der Waals surface area contributed by atoms with E-state index < -0.39 is 4.87 Å². The van der Waals surface area contributed by atoms with Gasteiger partial charge in [0.15, 0.2) is 4.87 Å². The lowest BCUT2D eigenvalue weighted by molar-refractivity contribution is -0.123. The Balaban J connectivity index is 1.56. The monoisotopic (exact) mass is 486 g/mol. The minimum Gasteiger partial charge on any atom is -0.497 e.